The molecule has 1 amide bonds. The molecule has 0 aliphatic carbocycles. The van der Waals surface area contributed by atoms with E-state index in [1.165, 1.54) is 0 Å². The fourth-order valence-electron chi connectivity index (χ4n) is 1.69. The molecular weight excluding hydrogens is 302 g/mol. The van der Waals surface area contributed by atoms with Crippen LogP contribution in [0.2, 0.25) is 0 Å². The molecule has 0 aromatic heterocycles. The molecule has 2 unspecified atom stereocenters. The van der Waals surface area contributed by atoms with Gasteiger partial charge in [-0.3, -0.25) is 4.79 Å². The number of benzene rings is 1. The van der Waals surface area contributed by atoms with Gasteiger partial charge in [-0.1, -0.05) is 22.0 Å². The lowest BCUT2D eigenvalue weighted by Gasteiger charge is -2.16. The van der Waals surface area contributed by atoms with Gasteiger partial charge in [0.2, 0.25) is 0 Å². The Morgan fingerprint density at radius 1 is 1.47 bits per heavy atom. The van der Waals surface area contributed by atoms with Crippen molar-refractivity contribution in [1.29, 1.82) is 0 Å². The summed E-state index contributed by atoms with van der Waals surface area (Å²) in [7, 11) is 0. The number of halogens is 2. The Balaban J connectivity index is 2.73. The molecule has 2 atom stereocenters. The Morgan fingerprint density at radius 2 is 2.12 bits per heavy atom. The van der Waals surface area contributed by atoms with Gasteiger partial charge in [-0.15, -0.1) is 11.6 Å². The minimum absolute atomic E-state index is 0.0476. The highest BCUT2D eigenvalue weighted by molar-refractivity contribution is 9.10. The van der Waals surface area contributed by atoms with E-state index in [1.54, 1.807) is 0 Å². The van der Waals surface area contributed by atoms with Crippen LogP contribution in [0.1, 0.15) is 36.2 Å². The van der Waals surface area contributed by atoms with Crippen molar-refractivity contribution in [1.82, 2.24) is 5.32 Å². The molecule has 94 valence electrons. The maximum absolute atomic E-state index is 12.0. The monoisotopic (exact) mass is 317 g/mol. The third-order valence-electron chi connectivity index (χ3n) is 2.50. The average Bonchev–Trinajstić information content (AvgIpc) is 2.20. The fourth-order valence-corrected chi connectivity index (χ4v) is 2.31. The van der Waals surface area contributed by atoms with E-state index in [4.69, 9.17) is 11.6 Å². The number of hydrogen-bond acceptors (Lipinski definition) is 1. The summed E-state index contributed by atoms with van der Waals surface area (Å²) < 4.78 is 0.909. The molecule has 0 aliphatic rings. The average molecular weight is 319 g/mol. The lowest BCUT2D eigenvalue weighted by atomic mass is 10.1. The normalized spacial score (nSPS) is 14.2. The summed E-state index contributed by atoms with van der Waals surface area (Å²) in [5.74, 6) is -0.0476. The van der Waals surface area contributed by atoms with Crippen LogP contribution in [0.4, 0.5) is 0 Å². The third-order valence-corrected chi connectivity index (χ3v) is 3.17. The van der Waals surface area contributed by atoms with Crippen LogP contribution in [-0.4, -0.2) is 17.3 Å². The number of carbonyl (C=O) groups is 1. The number of alkyl halides is 1. The zero-order valence-corrected chi connectivity index (χ0v) is 12.6. The number of nitrogens with one attached hydrogen (secondary N) is 1. The standard InChI is InChI=1S/C13H17BrClNO/c1-8-4-5-11(14)7-12(8)13(17)16-10(3)6-9(2)15/h4-5,7,9-10H,6H2,1-3H3,(H,16,17). The molecule has 0 radical (unpaired) electrons. The molecule has 1 aromatic carbocycles. The highest BCUT2D eigenvalue weighted by Crippen LogP contribution is 2.16. The number of hydrogen-bond donors (Lipinski definition) is 1. The van der Waals surface area contributed by atoms with E-state index in [2.05, 4.69) is 21.2 Å². The molecule has 0 bridgehead atoms. The molecule has 17 heavy (non-hydrogen) atoms. The molecule has 0 fully saturated rings. The second-order valence-electron chi connectivity index (χ2n) is 4.35. The molecule has 1 N–H and O–H groups in total. The second kappa shape index (κ2) is 6.41. The van der Waals surface area contributed by atoms with Crippen LogP contribution in [0.5, 0.6) is 0 Å². The van der Waals surface area contributed by atoms with Gasteiger partial charge in [-0.2, -0.15) is 0 Å². The van der Waals surface area contributed by atoms with Crippen molar-refractivity contribution >= 4 is 33.4 Å². The van der Waals surface area contributed by atoms with Crippen LogP contribution in [0, 0.1) is 6.92 Å². The molecule has 0 saturated heterocycles. The molecule has 0 aliphatic heterocycles. The molecule has 1 aromatic rings. The summed E-state index contributed by atoms with van der Waals surface area (Å²) in [4.78, 5) is 12.0. The predicted molar refractivity (Wildman–Crippen MR) is 75.7 cm³/mol. The van der Waals surface area contributed by atoms with Crippen molar-refractivity contribution in [2.24, 2.45) is 0 Å². The van der Waals surface area contributed by atoms with Gasteiger partial charge in [0.05, 0.1) is 0 Å². The number of amides is 1. The van der Waals surface area contributed by atoms with E-state index in [0.717, 1.165) is 16.5 Å². The Morgan fingerprint density at radius 3 is 2.71 bits per heavy atom. The maximum Gasteiger partial charge on any atom is 0.251 e. The summed E-state index contributed by atoms with van der Waals surface area (Å²) >= 11 is 9.27. The quantitative estimate of drug-likeness (QED) is 0.838. The third kappa shape index (κ3) is 4.68. The minimum Gasteiger partial charge on any atom is -0.350 e. The zero-order valence-electron chi connectivity index (χ0n) is 10.3. The van der Waals surface area contributed by atoms with Crippen molar-refractivity contribution in [3.63, 3.8) is 0 Å². The topological polar surface area (TPSA) is 29.1 Å². The highest BCUT2D eigenvalue weighted by Gasteiger charge is 2.13. The first-order chi connectivity index (χ1) is 7.90. The van der Waals surface area contributed by atoms with E-state index >= 15 is 0 Å². The molecule has 1 rings (SSSR count). The van der Waals surface area contributed by atoms with Crippen molar-refractivity contribution in [2.75, 3.05) is 0 Å². The van der Waals surface area contributed by atoms with Crippen molar-refractivity contribution in [3.8, 4) is 0 Å². The summed E-state index contributed by atoms with van der Waals surface area (Å²) in [6, 6.07) is 5.76. The van der Waals surface area contributed by atoms with Crippen molar-refractivity contribution < 1.29 is 4.79 Å². The summed E-state index contributed by atoms with van der Waals surface area (Å²) in [6.45, 7) is 5.81. The SMILES string of the molecule is Cc1ccc(Br)cc1C(=O)NC(C)CC(C)Cl. The van der Waals surface area contributed by atoms with Crippen LogP contribution in [0.25, 0.3) is 0 Å². The Bertz CT molecular complexity index is 406. The van der Waals surface area contributed by atoms with Crippen LogP contribution in [0.15, 0.2) is 22.7 Å². The summed E-state index contributed by atoms with van der Waals surface area (Å²) in [5.41, 5.74) is 1.67. The highest BCUT2D eigenvalue weighted by atomic mass is 79.9. The minimum atomic E-state index is -0.0476. The van der Waals surface area contributed by atoms with Gasteiger partial charge < -0.3 is 5.32 Å². The van der Waals surface area contributed by atoms with E-state index < -0.39 is 0 Å². The molecule has 0 saturated carbocycles. The molecule has 2 nitrogen and oxygen atoms in total. The molecular formula is C13H17BrClNO. The fraction of sp³-hybridized carbons (Fsp3) is 0.462. The van der Waals surface area contributed by atoms with Gasteiger partial charge in [-0.25, -0.2) is 0 Å². The Kier molecular flexibility index (Phi) is 5.47. The van der Waals surface area contributed by atoms with Crippen LogP contribution in [-0.2, 0) is 0 Å². The number of rotatable bonds is 4. The van der Waals surface area contributed by atoms with E-state index in [-0.39, 0.29) is 17.3 Å². The van der Waals surface area contributed by atoms with E-state index in [9.17, 15) is 4.79 Å². The molecule has 0 spiro atoms. The first-order valence-electron chi connectivity index (χ1n) is 5.61. The number of aryl methyl sites for hydroxylation is 1. The Labute approximate surface area is 116 Å². The van der Waals surface area contributed by atoms with Crippen LogP contribution < -0.4 is 5.32 Å². The van der Waals surface area contributed by atoms with Gasteiger partial charge in [0.15, 0.2) is 0 Å². The maximum atomic E-state index is 12.0. The molecule has 4 heteroatoms. The first kappa shape index (κ1) is 14.5. The van der Waals surface area contributed by atoms with E-state index in [1.807, 2.05) is 39.0 Å². The zero-order chi connectivity index (χ0) is 13.0. The van der Waals surface area contributed by atoms with Crippen LogP contribution >= 0.6 is 27.5 Å². The van der Waals surface area contributed by atoms with Gasteiger partial charge in [-0.05, 0) is 44.9 Å². The number of carbonyl (C=O) groups excluding carboxylic acids is 1. The van der Waals surface area contributed by atoms with Gasteiger partial charge in [0.25, 0.3) is 5.91 Å². The first-order valence-corrected chi connectivity index (χ1v) is 6.84. The lowest BCUT2D eigenvalue weighted by Crippen LogP contribution is -2.34. The summed E-state index contributed by atoms with van der Waals surface area (Å²) in [6.07, 6.45) is 0.764. The summed E-state index contributed by atoms with van der Waals surface area (Å²) in [5, 5.41) is 3.02. The van der Waals surface area contributed by atoms with Crippen molar-refractivity contribution in [3.05, 3.63) is 33.8 Å². The van der Waals surface area contributed by atoms with Gasteiger partial charge in [0, 0.05) is 21.5 Å². The smallest absolute Gasteiger partial charge is 0.251 e. The largest absolute Gasteiger partial charge is 0.350 e. The predicted octanol–water partition coefficient (Wildman–Crippen LogP) is 3.89. The van der Waals surface area contributed by atoms with Crippen LogP contribution in [0.3, 0.4) is 0 Å². The van der Waals surface area contributed by atoms with Crippen molar-refractivity contribution in [2.45, 2.75) is 38.6 Å². The van der Waals surface area contributed by atoms with Gasteiger partial charge >= 0.3 is 0 Å². The lowest BCUT2D eigenvalue weighted by molar-refractivity contribution is 0.0938. The van der Waals surface area contributed by atoms with E-state index in [0.29, 0.717) is 5.56 Å². The molecule has 0 heterocycles. The second-order valence-corrected chi connectivity index (χ2v) is 6.01. The van der Waals surface area contributed by atoms with Gasteiger partial charge in [0.1, 0.15) is 0 Å². The Hall–Kier alpha value is -0.540.